The van der Waals surface area contributed by atoms with E-state index in [1.807, 2.05) is 42.5 Å². The van der Waals surface area contributed by atoms with Crippen LogP contribution in [0.5, 0.6) is 0 Å². The molecule has 1 fully saturated rings. The van der Waals surface area contributed by atoms with Crippen LogP contribution in [0.1, 0.15) is 21.5 Å². The van der Waals surface area contributed by atoms with E-state index >= 15 is 0 Å². The third kappa shape index (κ3) is 4.20. The van der Waals surface area contributed by atoms with Gasteiger partial charge in [-0.05, 0) is 47.9 Å². The van der Waals surface area contributed by atoms with Crippen LogP contribution in [-0.2, 0) is 0 Å². The second-order valence-electron chi connectivity index (χ2n) is 8.54. The van der Waals surface area contributed by atoms with Gasteiger partial charge >= 0.3 is 0 Å². The van der Waals surface area contributed by atoms with Gasteiger partial charge in [0.05, 0.1) is 10.2 Å². The zero-order chi connectivity index (χ0) is 22.1. The van der Waals surface area contributed by atoms with Crippen LogP contribution >= 0.6 is 11.3 Å². The zero-order valence-electron chi connectivity index (χ0n) is 18.6. The number of fused-ring (bicyclic) bond motifs is 2. The Morgan fingerprint density at radius 3 is 2.66 bits per heavy atom. The highest BCUT2D eigenvalue weighted by molar-refractivity contribution is 7.22. The molecule has 2 heterocycles. The molecule has 1 N–H and O–H groups in total. The maximum atomic E-state index is 12.7. The normalized spacial score (nSPS) is 14.9. The van der Waals surface area contributed by atoms with Gasteiger partial charge in [0.1, 0.15) is 0 Å². The fourth-order valence-electron chi connectivity index (χ4n) is 4.50. The van der Waals surface area contributed by atoms with Crippen LogP contribution in [0.2, 0.25) is 0 Å². The second kappa shape index (κ2) is 8.88. The predicted molar refractivity (Wildman–Crippen MR) is 134 cm³/mol. The van der Waals surface area contributed by atoms with Gasteiger partial charge in [0, 0.05) is 44.8 Å². The van der Waals surface area contributed by atoms with E-state index in [1.54, 1.807) is 11.3 Å². The van der Waals surface area contributed by atoms with E-state index in [2.05, 4.69) is 41.1 Å². The molecule has 0 radical (unpaired) electrons. The summed E-state index contributed by atoms with van der Waals surface area (Å²) in [6.45, 7) is 9.71. The van der Waals surface area contributed by atoms with Crippen LogP contribution in [0.3, 0.4) is 0 Å². The van der Waals surface area contributed by atoms with Gasteiger partial charge in [-0.25, -0.2) is 4.98 Å². The summed E-state index contributed by atoms with van der Waals surface area (Å²) in [5, 5.41) is 6.32. The number of anilines is 1. The fraction of sp³-hybridized carbons (Fsp3) is 0.308. The first-order chi connectivity index (χ1) is 15.6. The molecule has 0 spiro atoms. The van der Waals surface area contributed by atoms with Crippen LogP contribution in [0.25, 0.3) is 21.0 Å². The summed E-state index contributed by atoms with van der Waals surface area (Å²) in [7, 11) is 0. The molecule has 0 unspecified atom stereocenters. The van der Waals surface area contributed by atoms with Gasteiger partial charge in [-0.15, -0.1) is 0 Å². The fourth-order valence-corrected chi connectivity index (χ4v) is 5.70. The Morgan fingerprint density at radius 1 is 1.03 bits per heavy atom. The largest absolute Gasteiger partial charge is 0.351 e. The lowest BCUT2D eigenvalue weighted by molar-refractivity contribution is 0.0949. The number of aromatic nitrogens is 1. The quantitative estimate of drug-likeness (QED) is 0.488. The van der Waals surface area contributed by atoms with Gasteiger partial charge in [0.25, 0.3) is 5.91 Å². The highest BCUT2D eigenvalue weighted by atomic mass is 32.1. The molecule has 0 bridgehead atoms. The molecule has 1 aliphatic rings. The van der Waals surface area contributed by atoms with Gasteiger partial charge in [-0.2, -0.15) is 0 Å². The molecule has 1 aromatic heterocycles. The van der Waals surface area contributed by atoms with E-state index in [0.717, 1.165) is 59.7 Å². The Labute approximate surface area is 192 Å². The van der Waals surface area contributed by atoms with Crippen molar-refractivity contribution in [2.75, 3.05) is 44.2 Å². The maximum absolute atomic E-state index is 12.7. The van der Waals surface area contributed by atoms with E-state index in [4.69, 9.17) is 4.98 Å². The minimum Gasteiger partial charge on any atom is -0.351 e. The number of nitrogens with zero attached hydrogens (tertiary/aromatic N) is 3. The van der Waals surface area contributed by atoms with Crippen molar-refractivity contribution in [3.05, 3.63) is 71.3 Å². The molecular formula is C26H28N4OS. The number of benzene rings is 3. The zero-order valence-corrected chi connectivity index (χ0v) is 19.4. The molecule has 1 aliphatic heterocycles. The average Bonchev–Trinajstić information content (AvgIpc) is 3.23. The third-order valence-electron chi connectivity index (χ3n) is 6.21. The van der Waals surface area contributed by atoms with E-state index in [-0.39, 0.29) is 5.91 Å². The van der Waals surface area contributed by atoms with Gasteiger partial charge in [0.15, 0.2) is 5.13 Å². The summed E-state index contributed by atoms with van der Waals surface area (Å²) in [4.78, 5) is 22.5. The maximum Gasteiger partial charge on any atom is 0.251 e. The van der Waals surface area contributed by atoms with Crippen LogP contribution in [0.4, 0.5) is 5.13 Å². The highest BCUT2D eigenvalue weighted by Gasteiger charge is 2.20. The highest BCUT2D eigenvalue weighted by Crippen LogP contribution is 2.32. The lowest BCUT2D eigenvalue weighted by Gasteiger charge is -2.34. The molecule has 1 amide bonds. The molecule has 6 heteroatoms. The summed E-state index contributed by atoms with van der Waals surface area (Å²) in [5.41, 5.74) is 4.42. The molecule has 32 heavy (non-hydrogen) atoms. The molecule has 0 saturated carbocycles. The SMILES string of the molecule is Cc1cc(C)c2nc(N3CCN(CCNC(=O)c4cccc5ccccc45)CC3)sc2c1. The van der Waals surface area contributed by atoms with Gasteiger partial charge in [-0.3, -0.25) is 9.69 Å². The summed E-state index contributed by atoms with van der Waals surface area (Å²) in [5.74, 6) is 0.000532. The van der Waals surface area contributed by atoms with Crippen molar-refractivity contribution >= 4 is 43.4 Å². The number of rotatable bonds is 5. The Balaban J connectivity index is 1.15. The molecular weight excluding hydrogens is 416 g/mol. The Bertz CT molecular complexity index is 1270. The Kier molecular flexibility index (Phi) is 5.81. The number of hydrogen-bond donors (Lipinski definition) is 1. The molecule has 164 valence electrons. The molecule has 4 aromatic rings. The molecule has 0 aliphatic carbocycles. The number of thiazole rings is 1. The minimum absolute atomic E-state index is 0.000532. The topological polar surface area (TPSA) is 48.5 Å². The second-order valence-corrected chi connectivity index (χ2v) is 9.55. The number of carbonyl (C=O) groups excluding carboxylic acids is 1. The number of aryl methyl sites for hydroxylation is 2. The van der Waals surface area contributed by atoms with Crippen molar-refractivity contribution in [1.29, 1.82) is 0 Å². The smallest absolute Gasteiger partial charge is 0.251 e. The third-order valence-corrected chi connectivity index (χ3v) is 7.27. The monoisotopic (exact) mass is 444 g/mol. The summed E-state index contributed by atoms with van der Waals surface area (Å²) < 4.78 is 1.27. The first-order valence-corrected chi connectivity index (χ1v) is 12.0. The van der Waals surface area contributed by atoms with Crippen molar-refractivity contribution in [2.45, 2.75) is 13.8 Å². The van der Waals surface area contributed by atoms with Crippen LogP contribution in [0, 0.1) is 13.8 Å². The lowest BCUT2D eigenvalue weighted by atomic mass is 10.0. The molecule has 3 aromatic carbocycles. The number of hydrogen-bond acceptors (Lipinski definition) is 5. The van der Waals surface area contributed by atoms with Crippen LogP contribution in [0.15, 0.2) is 54.6 Å². The predicted octanol–water partition coefficient (Wildman–Crippen LogP) is 4.62. The van der Waals surface area contributed by atoms with E-state index in [9.17, 15) is 4.79 Å². The summed E-state index contributed by atoms with van der Waals surface area (Å²) in [6, 6.07) is 18.4. The van der Waals surface area contributed by atoms with E-state index < -0.39 is 0 Å². The van der Waals surface area contributed by atoms with Crippen LogP contribution < -0.4 is 10.2 Å². The van der Waals surface area contributed by atoms with Gasteiger partial charge < -0.3 is 10.2 Å². The van der Waals surface area contributed by atoms with Gasteiger partial charge in [0.2, 0.25) is 0 Å². The number of piperazine rings is 1. The van der Waals surface area contributed by atoms with Crippen molar-refractivity contribution < 1.29 is 4.79 Å². The van der Waals surface area contributed by atoms with Crippen molar-refractivity contribution in [3.8, 4) is 0 Å². The molecule has 1 saturated heterocycles. The first-order valence-electron chi connectivity index (χ1n) is 11.2. The lowest BCUT2D eigenvalue weighted by Crippen LogP contribution is -2.48. The summed E-state index contributed by atoms with van der Waals surface area (Å²) in [6.07, 6.45) is 0. The number of amides is 1. The van der Waals surface area contributed by atoms with E-state index in [0.29, 0.717) is 6.54 Å². The molecule has 5 rings (SSSR count). The number of carbonyl (C=O) groups is 1. The van der Waals surface area contributed by atoms with Crippen LogP contribution in [-0.4, -0.2) is 55.1 Å². The van der Waals surface area contributed by atoms with Crippen molar-refractivity contribution in [3.63, 3.8) is 0 Å². The summed E-state index contributed by atoms with van der Waals surface area (Å²) >= 11 is 1.79. The Hall–Kier alpha value is -2.96. The Morgan fingerprint density at radius 2 is 1.81 bits per heavy atom. The molecule has 0 atom stereocenters. The van der Waals surface area contributed by atoms with E-state index in [1.165, 1.54) is 15.8 Å². The van der Waals surface area contributed by atoms with Gasteiger partial charge in [-0.1, -0.05) is 53.8 Å². The standard InChI is InChI=1S/C26H28N4OS/c1-18-16-19(2)24-23(17-18)32-26(28-24)30-14-12-29(13-15-30)11-10-27-25(31)22-9-5-7-20-6-3-4-8-21(20)22/h3-9,16-17H,10-15H2,1-2H3,(H,27,31). The minimum atomic E-state index is 0.000532. The van der Waals surface area contributed by atoms with Crippen molar-refractivity contribution in [1.82, 2.24) is 15.2 Å². The average molecular weight is 445 g/mol. The van der Waals surface area contributed by atoms with Crippen molar-refractivity contribution in [2.24, 2.45) is 0 Å². The molecule has 5 nitrogen and oxygen atoms in total. The first kappa shape index (κ1) is 20.9. The number of nitrogens with one attached hydrogen (secondary N) is 1.